The van der Waals surface area contributed by atoms with Gasteiger partial charge in [-0.3, -0.25) is 4.79 Å². The molecule has 1 aromatic heterocycles. The van der Waals surface area contributed by atoms with Crippen molar-refractivity contribution >= 4 is 11.7 Å². The molecule has 0 aliphatic rings. The van der Waals surface area contributed by atoms with Gasteiger partial charge in [0.05, 0.1) is 5.56 Å². The maximum atomic E-state index is 12.6. The van der Waals surface area contributed by atoms with Gasteiger partial charge in [0.1, 0.15) is 12.4 Å². The van der Waals surface area contributed by atoms with E-state index in [0.717, 1.165) is 6.07 Å². The number of nitrogens with one attached hydrogen (secondary N) is 2. The minimum atomic E-state index is -4.48. The molecule has 0 unspecified atom stereocenters. The summed E-state index contributed by atoms with van der Waals surface area (Å²) >= 11 is 0. The van der Waals surface area contributed by atoms with Crippen molar-refractivity contribution in [3.05, 3.63) is 23.9 Å². The van der Waals surface area contributed by atoms with E-state index in [2.05, 4.69) is 15.6 Å². The Kier molecular flexibility index (Phi) is 4.90. The predicted molar refractivity (Wildman–Crippen MR) is 57.8 cm³/mol. The maximum Gasteiger partial charge on any atom is 0.419 e. The van der Waals surface area contributed by atoms with Gasteiger partial charge in [0.25, 0.3) is 0 Å². The molecule has 18 heavy (non-hydrogen) atoms. The third-order valence-electron chi connectivity index (χ3n) is 2.00. The second kappa shape index (κ2) is 6.20. The van der Waals surface area contributed by atoms with Crippen molar-refractivity contribution in [3.63, 3.8) is 0 Å². The van der Waals surface area contributed by atoms with E-state index in [9.17, 15) is 18.0 Å². The number of halogens is 3. The number of carbonyl (C=O) groups is 1. The number of aromatic nitrogens is 1. The summed E-state index contributed by atoms with van der Waals surface area (Å²) < 4.78 is 37.7. The number of aliphatic hydroxyl groups excluding tert-OH is 1. The van der Waals surface area contributed by atoms with E-state index in [0.29, 0.717) is 0 Å². The lowest BCUT2D eigenvalue weighted by Crippen LogP contribution is -2.31. The Morgan fingerprint density at radius 3 is 2.72 bits per heavy atom. The molecule has 0 fully saturated rings. The molecule has 3 N–H and O–H groups in total. The SMILES string of the molecule is O=C(CO)NCCNc1ncccc1C(F)(F)F. The number of pyridine rings is 1. The Morgan fingerprint density at radius 1 is 1.39 bits per heavy atom. The zero-order valence-corrected chi connectivity index (χ0v) is 9.29. The van der Waals surface area contributed by atoms with E-state index in [-0.39, 0.29) is 18.9 Å². The van der Waals surface area contributed by atoms with Gasteiger partial charge >= 0.3 is 6.18 Å². The average molecular weight is 263 g/mol. The average Bonchev–Trinajstić information content (AvgIpc) is 2.33. The summed E-state index contributed by atoms with van der Waals surface area (Å²) in [4.78, 5) is 14.3. The summed E-state index contributed by atoms with van der Waals surface area (Å²) in [7, 11) is 0. The van der Waals surface area contributed by atoms with E-state index in [4.69, 9.17) is 5.11 Å². The summed E-state index contributed by atoms with van der Waals surface area (Å²) in [6.45, 7) is -0.490. The molecule has 0 aromatic carbocycles. The van der Waals surface area contributed by atoms with Crippen LogP contribution in [0.1, 0.15) is 5.56 Å². The van der Waals surface area contributed by atoms with Gasteiger partial charge in [-0.2, -0.15) is 13.2 Å². The van der Waals surface area contributed by atoms with E-state index < -0.39 is 24.3 Å². The molecule has 100 valence electrons. The number of aliphatic hydroxyl groups is 1. The lowest BCUT2D eigenvalue weighted by molar-refractivity contribution is -0.137. The van der Waals surface area contributed by atoms with Gasteiger partial charge in [-0.05, 0) is 12.1 Å². The fraction of sp³-hybridized carbons (Fsp3) is 0.400. The maximum absolute atomic E-state index is 12.6. The smallest absolute Gasteiger partial charge is 0.387 e. The molecule has 1 rings (SSSR count). The van der Waals surface area contributed by atoms with Crippen LogP contribution in [0.3, 0.4) is 0 Å². The quantitative estimate of drug-likeness (QED) is 0.681. The number of nitrogens with zero attached hydrogens (tertiary/aromatic N) is 1. The molecule has 0 spiro atoms. The first-order chi connectivity index (χ1) is 8.45. The number of hydrogen-bond acceptors (Lipinski definition) is 4. The molecule has 8 heteroatoms. The van der Waals surface area contributed by atoms with Gasteiger partial charge in [-0.1, -0.05) is 0 Å². The first-order valence-electron chi connectivity index (χ1n) is 5.09. The molecule has 5 nitrogen and oxygen atoms in total. The lowest BCUT2D eigenvalue weighted by atomic mass is 10.2. The fourth-order valence-corrected chi connectivity index (χ4v) is 1.21. The molecule has 0 radical (unpaired) electrons. The summed E-state index contributed by atoms with van der Waals surface area (Å²) in [6, 6.07) is 2.11. The van der Waals surface area contributed by atoms with Gasteiger partial charge in [0, 0.05) is 19.3 Å². The highest BCUT2D eigenvalue weighted by molar-refractivity contribution is 5.76. The second-order valence-electron chi connectivity index (χ2n) is 3.33. The van der Waals surface area contributed by atoms with Gasteiger partial charge in [-0.25, -0.2) is 4.98 Å². The van der Waals surface area contributed by atoms with Crippen LogP contribution < -0.4 is 10.6 Å². The zero-order valence-electron chi connectivity index (χ0n) is 9.29. The first kappa shape index (κ1) is 14.2. The van der Waals surface area contributed by atoms with Gasteiger partial charge in [0.15, 0.2) is 0 Å². The van der Waals surface area contributed by atoms with E-state index >= 15 is 0 Å². The second-order valence-corrected chi connectivity index (χ2v) is 3.33. The number of hydrogen-bond donors (Lipinski definition) is 3. The number of carbonyl (C=O) groups excluding carboxylic acids is 1. The van der Waals surface area contributed by atoms with Crippen LogP contribution in [-0.2, 0) is 11.0 Å². The van der Waals surface area contributed by atoms with Crippen LogP contribution in [0.5, 0.6) is 0 Å². The topological polar surface area (TPSA) is 74.2 Å². The number of rotatable bonds is 5. The molecule has 1 heterocycles. The lowest BCUT2D eigenvalue weighted by Gasteiger charge is -2.13. The molecule has 1 aromatic rings. The molecule has 1 amide bonds. The number of amides is 1. The van der Waals surface area contributed by atoms with E-state index in [1.807, 2.05) is 0 Å². The summed E-state index contributed by atoms with van der Waals surface area (Å²) in [5.41, 5.74) is -0.863. The van der Waals surface area contributed by atoms with Gasteiger partial charge < -0.3 is 15.7 Å². The minimum absolute atomic E-state index is 0.0752. The van der Waals surface area contributed by atoms with Crippen LogP contribution in [0.2, 0.25) is 0 Å². The molecular formula is C10H12F3N3O2. The highest BCUT2D eigenvalue weighted by atomic mass is 19.4. The predicted octanol–water partition coefficient (Wildman–Crippen LogP) is 0.621. The highest BCUT2D eigenvalue weighted by Gasteiger charge is 2.33. The fourth-order valence-electron chi connectivity index (χ4n) is 1.21. The van der Waals surface area contributed by atoms with Crippen molar-refractivity contribution in [2.75, 3.05) is 25.0 Å². The Labute approximate surface area is 101 Å². The molecule has 0 aliphatic heterocycles. The minimum Gasteiger partial charge on any atom is -0.387 e. The molecule has 0 atom stereocenters. The van der Waals surface area contributed by atoms with Crippen LogP contribution in [0.15, 0.2) is 18.3 Å². The molecule has 0 saturated heterocycles. The van der Waals surface area contributed by atoms with Crippen LogP contribution >= 0.6 is 0 Å². The number of anilines is 1. The van der Waals surface area contributed by atoms with Gasteiger partial charge in [0.2, 0.25) is 5.91 Å². The Balaban J connectivity index is 2.55. The third kappa shape index (κ3) is 4.21. The summed E-state index contributed by atoms with van der Waals surface area (Å²) in [6.07, 6.45) is -3.24. The van der Waals surface area contributed by atoms with E-state index in [1.165, 1.54) is 12.3 Å². The zero-order chi connectivity index (χ0) is 13.6. The normalized spacial score (nSPS) is 11.1. The third-order valence-corrected chi connectivity index (χ3v) is 2.00. The van der Waals surface area contributed by atoms with E-state index in [1.54, 1.807) is 0 Å². The molecule has 0 saturated carbocycles. The van der Waals surface area contributed by atoms with Crippen molar-refractivity contribution in [1.29, 1.82) is 0 Å². The Morgan fingerprint density at radius 2 is 2.11 bits per heavy atom. The highest BCUT2D eigenvalue weighted by Crippen LogP contribution is 2.33. The van der Waals surface area contributed by atoms with Crippen LogP contribution in [-0.4, -0.2) is 35.7 Å². The largest absolute Gasteiger partial charge is 0.419 e. The van der Waals surface area contributed by atoms with Crippen molar-refractivity contribution in [2.24, 2.45) is 0 Å². The summed E-state index contributed by atoms with van der Waals surface area (Å²) in [5.74, 6) is -0.878. The van der Waals surface area contributed by atoms with Crippen LogP contribution in [0.25, 0.3) is 0 Å². The van der Waals surface area contributed by atoms with Crippen molar-refractivity contribution in [1.82, 2.24) is 10.3 Å². The molecule has 0 aliphatic carbocycles. The monoisotopic (exact) mass is 263 g/mol. The van der Waals surface area contributed by atoms with Crippen molar-refractivity contribution in [2.45, 2.75) is 6.18 Å². The Bertz CT molecular complexity index is 410. The van der Waals surface area contributed by atoms with Gasteiger partial charge in [-0.15, -0.1) is 0 Å². The van der Waals surface area contributed by atoms with Crippen LogP contribution in [0.4, 0.5) is 19.0 Å². The molecular weight excluding hydrogens is 251 g/mol. The molecule has 0 bridgehead atoms. The van der Waals surface area contributed by atoms with Crippen LogP contribution in [0, 0.1) is 0 Å². The standard InChI is InChI=1S/C10H12F3N3O2/c11-10(12,13)7-2-1-3-15-9(7)16-5-4-14-8(18)6-17/h1-3,17H,4-6H2,(H,14,18)(H,15,16). The number of alkyl halides is 3. The summed E-state index contributed by atoms with van der Waals surface area (Å²) in [5, 5.41) is 13.2. The van der Waals surface area contributed by atoms with Crippen molar-refractivity contribution in [3.8, 4) is 0 Å². The van der Waals surface area contributed by atoms with Crippen molar-refractivity contribution < 1.29 is 23.1 Å². The Hall–Kier alpha value is -1.83. The first-order valence-corrected chi connectivity index (χ1v) is 5.09.